The van der Waals surface area contributed by atoms with Gasteiger partial charge >= 0.3 is 0 Å². The Morgan fingerprint density at radius 2 is 2.36 bits per heavy atom. The minimum absolute atomic E-state index is 0.418. The van der Waals surface area contributed by atoms with E-state index < -0.39 is 0 Å². The standard InChI is InChI=1S/C6H3BrN2OS/c7-6-9-8-5(10-6)4-2-1-3-11-4/h1-3H. The Kier molecular flexibility index (Phi) is 1.75. The Hall–Kier alpha value is -0.680. The number of rotatable bonds is 1. The maximum Gasteiger partial charge on any atom is 0.285 e. The maximum atomic E-state index is 5.13. The summed E-state index contributed by atoms with van der Waals surface area (Å²) in [5.74, 6) is 0.562. The highest BCUT2D eigenvalue weighted by atomic mass is 79.9. The number of nitrogens with zero attached hydrogens (tertiary/aromatic N) is 2. The fourth-order valence-electron chi connectivity index (χ4n) is 0.705. The molecule has 2 aromatic rings. The van der Waals surface area contributed by atoms with Crippen molar-refractivity contribution in [2.24, 2.45) is 0 Å². The summed E-state index contributed by atoms with van der Waals surface area (Å²) >= 11 is 4.65. The van der Waals surface area contributed by atoms with Gasteiger partial charge in [0.15, 0.2) is 0 Å². The van der Waals surface area contributed by atoms with Gasteiger partial charge in [-0.25, -0.2) is 0 Å². The van der Waals surface area contributed by atoms with Crippen LogP contribution in [0.1, 0.15) is 0 Å². The predicted octanol–water partition coefficient (Wildman–Crippen LogP) is 2.56. The molecule has 0 aliphatic rings. The molecule has 0 N–H and O–H groups in total. The van der Waals surface area contributed by atoms with Crippen molar-refractivity contribution in [1.82, 2.24) is 10.2 Å². The predicted molar refractivity (Wildman–Crippen MR) is 45.3 cm³/mol. The van der Waals surface area contributed by atoms with E-state index >= 15 is 0 Å². The highest BCUT2D eigenvalue weighted by Gasteiger charge is 2.05. The maximum absolute atomic E-state index is 5.13. The van der Waals surface area contributed by atoms with E-state index in [1.54, 1.807) is 11.3 Å². The van der Waals surface area contributed by atoms with E-state index in [-0.39, 0.29) is 0 Å². The first kappa shape index (κ1) is 7.00. The van der Waals surface area contributed by atoms with Gasteiger partial charge in [-0.05, 0) is 11.4 Å². The van der Waals surface area contributed by atoms with Crippen molar-refractivity contribution in [2.45, 2.75) is 0 Å². The van der Waals surface area contributed by atoms with Crippen molar-refractivity contribution >= 4 is 27.3 Å². The van der Waals surface area contributed by atoms with Gasteiger partial charge in [-0.2, -0.15) is 0 Å². The monoisotopic (exact) mass is 230 g/mol. The van der Waals surface area contributed by atoms with E-state index in [2.05, 4.69) is 26.1 Å². The molecule has 2 aromatic heterocycles. The molecular formula is C6H3BrN2OS. The Morgan fingerprint density at radius 1 is 1.45 bits per heavy atom. The summed E-state index contributed by atoms with van der Waals surface area (Å²) in [5.41, 5.74) is 0. The molecule has 0 saturated carbocycles. The van der Waals surface area contributed by atoms with Gasteiger partial charge in [0.05, 0.1) is 4.88 Å². The average Bonchev–Trinajstić information content (AvgIpc) is 2.55. The van der Waals surface area contributed by atoms with Crippen molar-refractivity contribution in [3.63, 3.8) is 0 Å². The highest BCUT2D eigenvalue weighted by molar-refractivity contribution is 9.10. The zero-order valence-electron chi connectivity index (χ0n) is 5.32. The van der Waals surface area contributed by atoms with Crippen LogP contribution < -0.4 is 0 Å². The molecule has 5 heteroatoms. The minimum Gasteiger partial charge on any atom is -0.410 e. The zero-order chi connectivity index (χ0) is 7.68. The molecule has 0 spiro atoms. The van der Waals surface area contributed by atoms with E-state index in [4.69, 9.17) is 4.42 Å². The van der Waals surface area contributed by atoms with Crippen molar-refractivity contribution in [3.8, 4) is 10.8 Å². The van der Waals surface area contributed by atoms with Crippen LogP contribution in [-0.2, 0) is 0 Å². The first-order valence-corrected chi connectivity index (χ1v) is 4.56. The quantitative estimate of drug-likeness (QED) is 0.756. The number of hydrogen-bond donors (Lipinski definition) is 0. The van der Waals surface area contributed by atoms with Gasteiger partial charge in [-0.3, -0.25) is 0 Å². The highest BCUT2D eigenvalue weighted by Crippen LogP contribution is 2.24. The lowest BCUT2D eigenvalue weighted by atomic mass is 10.5. The second kappa shape index (κ2) is 2.75. The van der Waals surface area contributed by atoms with Crippen molar-refractivity contribution in [3.05, 3.63) is 22.3 Å². The number of thiophene rings is 1. The Morgan fingerprint density at radius 3 is 2.91 bits per heavy atom. The van der Waals surface area contributed by atoms with Crippen LogP contribution in [0, 0.1) is 0 Å². The summed E-state index contributed by atoms with van der Waals surface area (Å²) < 4.78 is 5.13. The fraction of sp³-hybridized carbons (Fsp3) is 0. The topological polar surface area (TPSA) is 38.9 Å². The zero-order valence-corrected chi connectivity index (χ0v) is 7.72. The molecule has 2 heterocycles. The van der Waals surface area contributed by atoms with Gasteiger partial charge in [0.2, 0.25) is 0 Å². The molecule has 0 aliphatic heterocycles. The second-order valence-corrected chi connectivity index (χ2v) is 3.46. The van der Waals surface area contributed by atoms with E-state index in [0.29, 0.717) is 10.7 Å². The fourth-order valence-corrected chi connectivity index (χ4v) is 1.58. The van der Waals surface area contributed by atoms with Crippen LogP contribution in [0.5, 0.6) is 0 Å². The number of aromatic nitrogens is 2. The van der Waals surface area contributed by atoms with Crippen molar-refractivity contribution < 1.29 is 4.42 Å². The van der Waals surface area contributed by atoms with Gasteiger partial charge in [0.1, 0.15) is 0 Å². The first-order valence-electron chi connectivity index (χ1n) is 2.89. The van der Waals surface area contributed by atoms with Crippen LogP contribution >= 0.6 is 27.3 Å². The Labute approximate surface area is 75.2 Å². The third kappa shape index (κ3) is 1.34. The van der Waals surface area contributed by atoms with E-state index in [0.717, 1.165) is 4.88 Å². The molecular weight excluding hydrogens is 228 g/mol. The Bertz CT molecular complexity index is 343. The summed E-state index contributed by atoms with van der Waals surface area (Å²) in [7, 11) is 0. The molecule has 11 heavy (non-hydrogen) atoms. The Balaban J connectivity index is 2.45. The summed E-state index contributed by atoms with van der Waals surface area (Å²) in [6.07, 6.45) is 0. The lowest BCUT2D eigenvalue weighted by Crippen LogP contribution is -1.69. The van der Waals surface area contributed by atoms with Gasteiger partial charge in [0.25, 0.3) is 10.7 Å². The molecule has 0 fully saturated rings. The molecule has 2 rings (SSSR count). The van der Waals surface area contributed by atoms with Crippen LogP contribution in [-0.4, -0.2) is 10.2 Å². The van der Waals surface area contributed by atoms with Crippen molar-refractivity contribution in [1.29, 1.82) is 0 Å². The van der Waals surface area contributed by atoms with E-state index in [1.165, 1.54) is 0 Å². The third-order valence-electron chi connectivity index (χ3n) is 1.13. The molecule has 0 aromatic carbocycles. The summed E-state index contributed by atoms with van der Waals surface area (Å²) in [6, 6.07) is 3.88. The molecule has 0 aliphatic carbocycles. The lowest BCUT2D eigenvalue weighted by Gasteiger charge is -1.81. The molecule has 0 saturated heterocycles. The van der Waals surface area contributed by atoms with Gasteiger partial charge in [-0.15, -0.1) is 21.5 Å². The summed E-state index contributed by atoms with van der Waals surface area (Å²) in [4.78, 5) is 1.41. The van der Waals surface area contributed by atoms with Crippen LogP contribution in [0.25, 0.3) is 10.8 Å². The van der Waals surface area contributed by atoms with E-state index in [1.807, 2.05) is 17.5 Å². The normalized spacial score (nSPS) is 10.3. The molecule has 0 unspecified atom stereocenters. The van der Waals surface area contributed by atoms with Gasteiger partial charge in [0, 0.05) is 15.9 Å². The second-order valence-electron chi connectivity index (χ2n) is 1.84. The molecule has 56 valence electrons. The van der Waals surface area contributed by atoms with Crippen LogP contribution in [0.2, 0.25) is 0 Å². The summed E-state index contributed by atoms with van der Waals surface area (Å²) in [5, 5.41) is 9.45. The lowest BCUT2D eigenvalue weighted by molar-refractivity contribution is 0.541. The SMILES string of the molecule is Brc1nnc(-c2cccs2)o1. The molecule has 0 radical (unpaired) electrons. The molecule has 0 bridgehead atoms. The van der Waals surface area contributed by atoms with Crippen LogP contribution in [0.4, 0.5) is 0 Å². The van der Waals surface area contributed by atoms with Crippen molar-refractivity contribution in [2.75, 3.05) is 0 Å². The average molecular weight is 231 g/mol. The summed E-state index contributed by atoms with van der Waals surface area (Å²) in [6.45, 7) is 0. The smallest absolute Gasteiger partial charge is 0.285 e. The molecule has 0 atom stereocenters. The molecule has 0 amide bonds. The van der Waals surface area contributed by atoms with Crippen LogP contribution in [0.15, 0.2) is 26.7 Å². The first-order chi connectivity index (χ1) is 5.36. The third-order valence-corrected chi connectivity index (χ3v) is 2.31. The molecule has 3 nitrogen and oxygen atoms in total. The van der Waals surface area contributed by atoms with E-state index in [9.17, 15) is 0 Å². The number of halogens is 1. The van der Waals surface area contributed by atoms with Gasteiger partial charge < -0.3 is 4.42 Å². The minimum atomic E-state index is 0.418. The number of hydrogen-bond acceptors (Lipinski definition) is 4. The largest absolute Gasteiger partial charge is 0.410 e. The van der Waals surface area contributed by atoms with Gasteiger partial charge in [-0.1, -0.05) is 6.07 Å². The van der Waals surface area contributed by atoms with Crippen LogP contribution in [0.3, 0.4) is 0 Å².